The number of fused-ring (bicyclic) bond motifs is 12. The Morgan fingerprint density at radius 2 is 1.02 bits per heavy atom. The molecule has 1 unspecified atom stereocenters. The number of nitrogens with zero attached hydrogens (tertiary/aromatic N) is 4. The van der Waals surface area contributed by atoms with Crippen LogP contribution in [0.3, 0.4) is 0 Å². The molecule has 13 rings (SSSR count). The third-order valence-corrected chi connectivity index (χ3v) is 13.3. The molecule has 0 saturated carbocycles. The van der Waals surface area contributed by atoms with E-state index in [1.807, 2.05) is 30.3 Å². The van der Waals surface area contributed by atoms with Gasteiger partial charge in [0.05, 0.1) is 39.5 Å². The molecule has 302 valence electrons. The molecular weight excluding hydrogens is 793 g/mol. The van der Waals surface area contributed by atoms with Crippen molar-refractivity contribution in [2.45, 2.75) is 5.41 Å². The van der Waals surface area contributed by atoms with Gasteiger partial charge in [0.25, 0.3) is 0 Å². The van der Waals surface area contributed by atoms with E-state index in [2.05, 4.69) is 199 Å². The standard InChI is InChI=1S/C60H36N4O/c61-37-38-24-30-55-48(32-38)47-29-25-42(35-56(47)64(55)44-18-8-3-9-19-44)41-27-31-58-52(33-41)60(50-22-12-13-23-57(50)65-58)49-21-11-10-20-45(49)46-28-26-43(34-51(46)60)59-62-53(39-14-4-1-5-15-39)36-54(63-59)40-16-6-2-7-17-40/h1-36H. The van der Waals surface area contributed by atoms with Crippen molar-refractivity contribution in [3.05, 3.63) is 246 Å². The lowest BCUT2D eigenvalue weighted by Crippen LogP contribution is -2.32. The summed E-state index contributed by atoms with van der Waals surface area (Å²) in [5, 5.41) is 12.0. The number of ether oxygens (including phenoxy) is 1. The molecule has 9 aromatic carbocycles. The first-order chi connectivity index (χ1) is 32.2. The normalized spacial score (nSPS) is 14.3. The van der Waals surface area contributed by atoms with Gasteiger partial charge in [-0.1, -0.05) is 152 Å². The van der Waals surface area contributed by atoms with Gasteiger partial charge in [-0.2, -0.15) is 5.26 Å². The molecule has 2 aliphatic rings. The maximum Gasteiger partial charge on any atom is 0.160 e. The second kappa shape index (κ2) is 14.4. The van der Waals surface area contributed by atoms with Crippen LogP contribution < -0.4 is 4.74 Å². The van der Waals surface area contributed by atoms with Gasteiger partial charge in [0, 0.05) is 44.3 Å². The Morgan fingerprint density at radius 3 is 1.77 bits per heavy atom. The van der Waals surface area contributed by atoms with Gasteiger partial charge in [-0.25, -0.2) is 9.97 Å². The number of para-hydroxylation sites is 2. The van der Waals surface area contributed by atoms with Gasteiger partial charge in [0.15, 0.2) is 5.82 Å². The minimum absolute atomic E-state index is 0.640. The average molecular weight is 829 g/mol. The van der Waals surface area contributed by atoms with Gasteiger partial charge in [0.2, 0.25) is 0 Å². The summed E-state index contributed by atoms with van der Waals surface area (Å²) >= 11 is 0. The average Bonchev–Trinajstić information content (AvgIpc) is 3.86. The topological polar surface area (TPSA) is 63.7 Å². The highest BCUT2D eigenvalue weighted by Crippen LogP contribution is 2.62. The van der Waals surface area contributed by atoms with Gasteiger partial charge >= 0.3 is 0 Å². The van der Waals surface area contributed by atoms with E-state index in [4.69, 9.17) is 14.7 Å². The van der Waals surface area contributed by atoms with E-state index in [9.17, 15) is 5.26 Å². The van der Waals surface area contributed by atoms with Crippen LogP contribution in [0.1, 0.15) is 27.8 Å². The molecule has 0 saturated heterocycles. The van der Waals surface area contributed by atoms with Crippen molar-refractivity contribution in [2.24, 2.45) is 0 Å². The summed E-state index contributed by atoms with van der Waals surface area (Å²) in [6.45, 7) is 0. The molecule has 5 nitrogen and oxygen atoms in total. The molecule has 5 heteroatoms. The molecule has 1 aliphatic carbocycles. The van der Waals surface area contributed by atoms with Crippen LogP contribution in [0, 0.1) is 11.3 Å². The maximum absolute atomic E-state index is 9.86. The fourth-order valence-corrected chi connectivity index (χ4v) is 10.4. The highest BCUT2D eigenvalue weighted by Gasteiger charge is 2.51. The Bertz CT molecular complexity index is 3700. The first-order valence-electron chi connectivity index (χ1n) is 21.9. The van der Waals surface area contributed by atoms with E-state index in [1.54, 1.807) is 0 Å². The van der Waals surface area contributed by atoms with Crippen molar-refractivity contribution in [2.75, 3.05) is 0 Å². The number of rotatable bonds is 5. The van der Waals surface area contributed by atoms with Crippen LogP contribution in [-0.4, -0.2) is 14.5 Å². The molecule has 0 fully saturated rings. The summed E-state index contributed by atoms with van der Waals surface area (Å²) < 4.78 is 9.19. The number of hydrogen-bond acceptors (Lipinski definition) is 4. The van der Waals surface area contributed by atoms with Crippen LogP contribution in [0.5, 0.6) is 11.5 Å². The zero-order valence-corrected chi connectivity index (χ0v) is 35.0. The van der Waals surface area contributed by atoms with Crippen molar-refractivity contribution in [1.82, 2.24) is 14.5 Å². The molecule has 0 N–H and O–H groups in total. The lowest BCUT2D eigenvalue weighted by Gasteiger charge is -2.39. The van der Waals surface area contributed by atoms with Gasteiger partial charge in [0.1, 0.15) is 11.5 Å². The third-order valence-electron chi connectivity index (χ3n) is 13.3. The van der Waals surface area contributed by atoms with E-state index < -0.39 is 5.41 Å². The predicted molar refractivity (Wildman–Crippen MR) is 260 cm³/mol. The number of hydrogen-bond donors (Lipinski definition) is 0. The smallest absolute Gasteiger partial charge is 0.160 e. The number of aromatic nitrogens is 3. The third kappa shape index (κ3) is 5.58. The van der Waals surface area contributed by atoms with Crippen LogP contribution in [0.4, 0.5) is 0 Å². The molecule has 3 heterocycles. The summed E-state index contributed by atoms with van der Waals surface area (Å²) in [5.41, 5.74) is 16.9. The minimum Gasteiger partial charge on any atom is -0.457 e. The van der Waals surface area contributed by atoms with Crippen LogP contribution >= 0.6 is 0 Å². The summed E-state index contributed by atoms with van der Waals surface area (Å²) in [6.07, 6.45) is 0. The number of nitriles is 1. The Labute approximate surface area is 375 Å². The summed E-state index contributed by atoms with van der Waals surface area (Å²) in [4.78, 5) is 10.6. The molecule has 11 aromatic rings. The van der Waals surface area contributed by atoms with Gasteiger partial charge < -0.3 is 9.30 Å². The summed E-state index contributed by atoms with van der Waals surface area (Å²) in [5.74, 6) is 2.31. The Balaban J connectivity index is 1.05. The van der Waals surface area contributed by atoms with Gasteiger partial charge in [-0.3, -0.25) is 0 Å². The molecule has 1 spiro atoms. The van der Waals surface area contributed by atoms with E-state index in [-0.39, 0.29) is 0 Å². The molecule has 0 amide bonds. The molecule has 65 heavy (non-hydrogen) atoms. The van der Waals surface area contributed by atoms with Crippen molar-refractivity contribution >= 4 is 21.8 Å². The molecule has 0 radical (unpaired) electrons. The van der Waals surface area contributed by atoms with E-state index in [1.165, 1.54) is 16.7 Å². The zero-order chi connectivity index (χ0) is 43.1. The van der Waals surface area contributed by atoms with Crippen molar-refractivity contribution in [1.29, 1.82) is 5.26 Å². The zero-order valence-electron chi connectivity index (χ0n) is 35.0. The van der Waals surface area contributed by atoms with Crippen molar-refractivity contribution in [3.8, 4) is 79.4 Å². The minimum atomic E-state index is -0.724. The molecule has 1 aliphatic heterocycles. The van der Waals surface area contributed by atoms with Crippen molar-refractivity contribution < 1.29 is 4.74 Å². The largest absolute Gasteiger partial charge is 0.457 e. The van der Waals surface area contributed by atoms with E-state index in [0.29, 0.717) is 11.4 Å². The fourth-order valence-electron chi connectivity index (χ4n) is 10.4. The van der Waals surface area contributed by atoms with Crippen LogP contribution in [-0.2, 0) is 5.41 Å². The lowest BCUT2D eigenvalue weighted by molar-refractivity contribution is 0.436. The van der Waals surface area contributed by atoms with E-state index >= 15 is 0 Å². The first kappa shape index (κ1) is 36.8. The second-order valence-electron chi connectivity index (χ2n) is 16.8. The quantitative estimate of drug-likeness (QED) is 0.173. The van der Waals surface area contributed by atoms with Gasteiger partial charge in [-0.05, 0) is 100 Å². The predicted octanol–water partition coefficient (Wildman–Crippen LogP) is 14.6. The Hall–Kier alpha value is -8.85. The van der Waals surface area contributed by atoms with Crippen molar-refractivity contribution in [3.63, 3.8) is 0 Å². The molecule has 1 atom stereocenters. The highest BCUT2D eigenvalue weighted by atomic mass is 16.5. The highest BCUT2D eigenvalue weighted by molar-refractivity contribution is 6.10. The second-order valence-corrected chi connectivity index (χ2v) is 16.8. The first-order valence-corrected chi connectivity index (χ1v) is 21.9. The van der Waals surface area contributed by atoms with Crippen LogP contribution in [0.15, 0.2) is 218 Å². The maximum atomic E-state index is 9.86. The lowest BCUT2D eigenvalue weighted by atomic mass is 9.65. The number of benzene rings is 9. The SMILES string of the molecule is N#Cc1ccc2c(c1)c1ccc(-c3ccc4c(c3)C3(c5ccccc5O4)c4ccccc4-c4ccc(-c5nc(-c6ccccc6)cc(-c6ccccc6)n5)cc43)cc1n2-c1ccccc1. The Kier molecular flexibility index (Phi) is 8.12. The molecule has 2 aromatic heterocycles. The summed E-state index contributed by atoms with van der Waals surface area (Å²) in [6, 6.07) is 79.0. The fraction of sp³-hybridized carbons (Fsp3) is 0.0167. The molecular formula is C60H36N4O. The van der Waals surface area contributed by atoms with E-state index in [0.717, 1.165) is 94.9 Å². The summed E-state index contributed by atoms with van der Waals surface area (Å²) in [7, 11) is 0. The monoisotopic (exact) mass is 828 g/mol. The van der Waals surface area contributed by atoms with Gasteiger partial charge in [-0.15, -0.1) is 0 Å². The Morgan fingerprint density at radius 1 is 0.415 bits per heavy atom. The van der Waals surface area contributed by atoms with Crippen LogP contribution in [0.2, 0.25) is 0 Å². The van der Waals surface area contributed by atoms with Crippen LogP contribution in [0.25, 0.3) is 83.6 Å². The molecule has 0 bridgehead atoms.